The molecule has 0 atom stereocenters. The Morgan fingerprint density at radius 3 is 2.65 bits per heavy atom. The Morgan fingerprint density at radius 1 is 1.29 bits per heavy atom. The zero-order chi connectivity index (χ0) is 12.4. The van der Waals surface area contributed by atoms with E-state index < -0.39 is 0 Å². The Morgan fingerprint density at radius 2 is 2.00 bits per heavy atom. The molecular formula is C13H13BrN2O. The SMILES string of the molecule is CCc1cc(N)cc(=O)n1-c1ccccc1Br. The van der Waals surface area contributed by atoms with Gasteiger partial charge in [-0.2, -0.15) is 0 Å². The first-order valence-electron chi connectivity index (χ1n) is 5.40. The topological polar surface area (TPSA) is 48.0 Å². The number of para-hydroxylation sites is 1. The monoisotopic (exact) mass is 292 g/mol. The van der Waals surface area contributed by atoms with E-state index in [9.17, 15) is 4.79 Å². The molecule has 0 fully saturated rings. The second kappa shape index (κ2) is 4.75. The van der Waals surface area contributed by atoms with Gasteiger partial charge in [-0.3, -0.25) is 9.36 Å². The standard InChI is InChI=1S/C13H13BrN2O/c1-2-10-7-9(15)8-13(17)16(10)12-6-4-3-5-11(12)14/h3-8H,2,15H2,1H3. The highest BCUT2D eigenvalue weighted by atomic mass is 79.9. The summed E-state index contributed by atoms with van der Waals surface area (Å²) in [5.74, 6) is 0. The van der Waals surface area contributed by atoms with Gasteiger partial charge in [0.2, 0.25) is 0 Å². The lowest BCUT2D eigenvalue weighted by atomic mass is 10.2. The Kier molecular flexibility index (Phi) is 3.33. The van der Waals surface area contributed by atoms with Crippen LogP contribution in [0.2, 0.25) is 0 Å². The third-order valence-corrected chi connectivity index (χ3v) is 3.26. The molecule has 0 radical (unpaired) electrons. The summed E-state index contributed by atoms with van der Waals surface area (Å²) in [6, 6.07) is 10.9. The van der Waals surface area contributed by atoms with Gasteiger partial charge < -0.3 is 5.73 Å². The van der Waals surface area contributed by atoms with E-state index in [0.29, 0.717) is 5.69 Å². The molecule has 1 aromatic carbocycles. The molecule has 1 heterocycles. The fourth-order valence-electron chi connectivity index (χ4n) is 1.81. The van der Waals surface area contributed by atoms with E-state index in [-0.39, 0.29) is 5.56 Å². The highest BCUT2D eigenvalue weighted by Gasteiger charge is 2.08. The number of nitrogens with zero attached hydrogens (tertiary/aromatic N) is 1. The molecule has 2 aromatic rings. The van der Waals surface area contributed by atoms with Crippen molar-refractivity contribution in [3.63, 3.8) is 0 Å². The molecule has 1 aromatic heterocycles. The van der Waals surface area contributed by atoms with E-state index in [1.165, 1.54) is 6.07 Å². The summed E-state index contributed by atoms with van der Waals surface area (Å²) in [5, 5.41) is 0. The van der Waals surface area contributed by atoms with Gasteiger partial charge in [0.1, 0.15) is 0 Å². The lowest BCUT2D eigenvalue weighted by Gasteiger charge is -2.13. The van der Waals surface area contributed by atoms with Gasteiger partial charge in [0.15, 0.2) is 0 Å². The summed E-state index contributed by atoms with van der Waals surface area (Å²) < 4.78 is 2.57. The van der Waals surface area contributed by atoms with E-state index in [4.69, 9.17) is 5.73 Å². The number of hydrogen-bond acceptors (Lipinski definition) is 2. The summed E-state index contributed by atoms with van der Waals surface area (Å²) in [5.41, 5.74) is 7.85. The van der Waals surface area contributed by atoms with Crippen molar-refractivity contribution >= 4 is 21.6 Å². The van der Waals surface area contributed by atoms with Crippen LogP contribution in [-0.2, 0) is 6.42 Å². The number of anilines is 1. The minimum Gasteiger partial charge on any atom is -0.399 e. The molecule has 2 rings (SSSR count). The summed E-state index contributed by atoms with van der Waals surface area (Å²) in [4.78, 5) is 12.0. The second-order valence-corrected chi connectivity index (χ2v) is 4.61. The van der Waals surface area contributed by atoms with Crippen LogP contribution in [0.3, 0.4) is 0 Å². The van der Waals surface area contributed by atoms with Crippen molar-refractivity contribution in [2.24, 2.45) is 0 Å². The number of hydrogen-bond donors (Lipinski definition) is 1. The number of benzene rings is 1. The number of nitrogens with two attached hydrogens (primary N) is 1. The molecule has 0 saturated heterocycles. The lowest BCUT2D eigenvalue weighted by Crippen LogP contribution is -2.21. The van der Waals surface area contributed by atoms with Crippen LogP contribution in [-0.4, -0.2) is 4.57 Å². The predicted molar refractivity (Wildman–Crippen MR) is 73.5 cm³/mol. The number of halogens is 1. The largest absolute Gasteiger partial charge is 0.399 e. The first kappa shape index (κ1) is 11.9. The Balaban J connectivity index is 2.76. The summed E-state index contributed by atoms with van der Waals surface area (Å²) in [6.07, 6.45) is 0.752. The van der Waals surface area contributed by atoms with Crippen LogP contribution < -0.4 is 11.3 Å². The van der Waals surface area contributed by atoms with E-state index in [1.807, 2.05) is 37.3 Å². The lowest BCUT2D eigenvalue weighted by molar-refractivity contribution is 0.875. The Labute approximate surface area is 108 Å². The van der Waals surface area contributed by atoms with Crippen LogP contribution in [0.25, 0.3) is 5.69 Å². The maximum Gasteiger partial charge on any atom is 0.257 e. The van der Waals surface area contributed by atoms with Crippen molar-refractivity contribution in [2.45, 2.75) is 13.3 Å². The molecule has 0 aliphatic rings. The maximum atomic E-state index is 12.0. The molecule has 0 spiro atoms. The van der Waals surface area contributed by atoms with Crippen LogP contribution in [0.15, 0.2) is 45.7 Å². The first-order chi connectivity index (χ1) is 8.13. The molecule has 2 N–H and O–H groups in total. The van der Waals surface area contributed by atoms with E-state index in [0.717, 1.165) is 22.3 Å². The minimum atomic E-state index is -0.103. The molecule has 0 bridgehead atoms. The molecule has 17 heavy (non-hydrogen) atoms. The quantitative estimate of drug-likeness (QED) is 0.925. The van der Waals surface area contributed by atoms with Crippen LogP contribution in [0.5, 0.6) is 0 Å². The molecule has 0 unspecified atom stereocenters. The number of aromatic nitrogens is 1. The highest BCUT2D eigenvalue weighted by Crippen LogP contribution is 2.21. The van der Waals surface area contributed by atoms with E-state index in [1.54, 1.807) is 4.57 Å². The zero-order valence-corrected chi connectivity index (χ0v) is 11.1. The molecular weight excluding hydrogens is 280 g/mol. The minimum absolute atomic E-state index is 0.103. The van der Waals surface area contributed by atoms with Crippen molar-refractivity contribution in [3.8, 4) is 5.69 Å². The molecule has 0 aliphatic heterocycles. The number of aryl methyl sites for hydroxylation is 1. The Hall–Kier alpha value is -1.55. The van der Waals surface area contributed by atoms with Crippen molar-refractivity contribution < 1.29 is 0 Å². The van der Waals surface area contributed by atoms with Gasteiger partial charge in [0.25, 0.3) is 5.56 Å². The molecule has 0 amide bonds. The number of pyridine rings is 1. The van der Waals surface area contributed by atoms with Gasteiger partial charge in [0, 0.05) is 21.9 Å². The third kappa shape index (κ3) is 2.26. The zero-order valence-electron chi connectivity index (χ0n) is 9.48. The van der Waals surface area contributed by atoms with Crippen molar-refractivity contribution in [1.29, 1.82) is 0 Å². The van der Waals surface area contributed by atoms with Crippen molar-refractivity contribution in [3.05, 3.63) is 56.9 Å². The van der Waals surface area contributed by atoms with Gasteiger partial charge in [-0.1, -0.05) is 19.1 Å². The first-order valence-corrected chi connectivity index (χ1v) is 6.19. The van der Waals surface area contributed by atoms with Crippen LogP contribution in [0, 0.1) is 0 Å². The summed E-state index contributed by atoms with van der Waals surface area (Å²) in [7, 11) is 0. The molecule has 3 nitrogen and oxygen atoms in total. The van der Waals surface area contributed by atoms with Crippen molar-refractivity contribution in [2.75, 3.05) is 5.73 Å². The van der Waals surface area contributed by atoms with Gasteiger partial charge in [-0.05, 0) is 40.5 Å². The van der Waals surface area contributed by atoms with Crippen LogP contribution in [0.4, 0.5) is 5.69 Å². The van der Waals surface area contributed by atoms with Gasteiger partial charge in [0.05, 0.1) is 5.69 Å². The average Bonchev–Trinajstić information content (AvgIpc) is 2.29. The number of nitrogen functional groups attached to an aromatic ring is 1. The van der Waals surface area contributed by atoms with Gasteiger partial charge in [-0.25, -0.2) is 0 Å². The van der Waals surface area contributed by atoms with Crippen LogP contribution >= 0.6 is 15.9 Å². The Bertz CT molecular complexity index is 605. The van der Waals surface area contributed by atoms with E-state index >= 15 is 0 Å². The molecule has 0 aliphatic carbocycles. The molecule has 88 valence electrons. The summed E-state index contributed by atoms with van der Waals surface area (Å²) >= 11 is 3.46. The van der Waals surface area contributed by atoms with Crippen molar-refractivity contribution in [1.82, 2.24) is 4.57 Å². The molecule has 0 saturated carbocycles. The second-order valence-electron chi connectivity index (χ2n) is 3.76. The maximum absolute atomic E-state index is 12.0. The fourth-order valence-corrected chi connectivity index (χ4v) is 2.28. The number of rotatable bonds is 2. The van der Waals surface area contributed by atoms with Gasteiger partial charge in [-0.15, -0.1) is 0 Å². The third-order valence-electron chi connectivity index (χ3n) is 2.59. The smallest absolute Gasteiger partial charge is 0.257 e. The highest BCUT2D eigenvalue weighted by molar-refractivity contribution is 9.10. The predicted octanol–water partition coefficient (Wildman–Crippen LogP) is 2.74. The normalized spacial score (nSPS) is 10.5. The van der Waals surface area contributed by atoms with Crippen LogP contribution in [0.1, 0.15) is 12.6 Å². The fraction of sp³-hybridized carbons (Fsp3) is 0.154. The molecule has 4 heteroatoms. The van der Waals surface area contributed by atoms with Gasteiger partial charge >= 0.3 is 0 Å². The average molecular weight is 293 g/mol. The summed E-state index contributed by atoms with van der Waals surface area (Å²) in [6.45, 7) is 2.00. The van der Waals surface area contributed by atoms with E-state index in [2.05, 4.69) is 15.9 Å².